The molecule has 0 aliphatic heterocycles. The van der Waals surface area contributed by atoms with Crippen molar-refractivity contribution in [1.29, 1.82) is 0 Å². The van der Waals surface area contributed by atoms with Gasteiger partial charge < -0.3 is 0 Å². The molecule has 1 heterocycles. The van der Waals surface area contributed by atoms with Crippen molar-refractivity contribution < 1.29 is 4.79 Å². The number of benzene rings is 1. The Bertz CT molecular complexity index is 647. The number of carbonyl (C=O) groups is 1. The highest BCUT2D eigenvalue weighted by atomic mass is 35.5. The summed E-state index contributed by atoms with van der Waals surface area (Å²) in [7, 11) is 1.79. The average molecular weight is 297 g/mol. The first-order chi connectivity index (χ1) is 8.90. The van der Waals surface area contributed by atoms with E-state index in [1.807, 2.05) is 13.8 Å². The number of ketones is 1. The number of hydrogen-bond donors (Lipinski definition) is 0. The zero-order valence-electron chi connectivity index (χ0n) is 11.0. The maximum atomic E-state index is 12.3. The first-order valence-corrected chi connectivity index (χ1v) is 6.63. The normalized spacial score (nSPS) is 10.8. The highest BCUT2D eigenvalue weighted by molar-refractivity contribution is 6.32. The van der Waals surface area contributed by atoms with Crippen molar-refractivity contribution >= 4 is 29.0 Å². The number of aromatic nitrogens is 2. The molecule has 0 amide bonds. The smallest absolute Gasteiger partial charge is 0.169 e. The van der Waals surface area contributed by atoms with E-state index in [4.69, 9.17) is 23.2 Å². The second-order valence-electron chi connectivity index (χ2n) is 4.53. The molecule has 0 saturated carbocycles. The van der Waals surface area contributed by atoms with Gasteiger partial charge in [0, 0.05) is 17.6 Å². The predicted molar refractivity (Wildman–Crippen MR) is 77.2 cm³/mol. The van der Waals surface area contributed by atoms with Gasteiger partial charge in [-0.25, -0.2) is 0 Å². The molecular weight excluding hydrogens is 283 g/mol. The van der Waals surface area contributed by atoms with Gasteiger partial charge in [-0.3, -0.25) is 9.48 Å². The summed E-state index contributed by atoms with van der Waals surface area (Å²) >= 11 is 12.0. The summed E-state index contributed by atoms with van der Waals surface area (Å²) in [6.45, 7) is 3.69. The van der Waals surface area contributed by atoms with E-state index < -0.39 is 0 Å². The van der Waals surface area contributed by atoms with Crippen LogP contribution in [0.15, 0.2) is 18.2 Å². The lowest BCUT2D eigenvalue weighted by Crippen LogP contribution is -2.09. The number of halogens is 2. The Labute approximate surface area is 122 Å². The maximum Gasteiger partial charge on any atom is 0.169 e. The van der Waals surface area contributed by atoms with Gasteiger partial charge in [0.05, 0.1) is 22.8 Å². The number of Topliss-reactive ketones (excluding diaryl/α,β-unsaturated/α-hetero) is 1. The van der Waals surface area contributed by atoms with Gasteiger partial charge in [0.15, 0.2) is 5.78 Å². The lowest BCUT2D eigenvalue weighted by molar-refractivity contribution is 0.0990. The second-order valence-corrected chi connectivity index (χ2v) is 5.34. The first kappa shape index (κ1) is 14.1. The predicted octanol–water partition coefficient (Wildman–Crippen LogP) is 3.77. The molecule has 0 fully saturated rings. The van der Waals surface area contributed by atoms with Crippen molar-refractivity contribution in [3.8, 4) is 0 Å². The van der Waals surface area contributed by atoms with Crippen LogP contribution < -0.4 is 0 Å². The van der Waals surface area contributed by atoms with Crippen LogP contribution in [0.2, 0.25) is 10.0 Å². The van der Waals surface area contributed by atoms with Crippen LogP contribution in [0.1, 0.15) is 27.3 Å². The standard InChI is InChI=1S/C14H14Cl2N2O/c1-8-6-10(15)4-5-11(8)13(19)7-12-14(16)9(2)17-18(12)3/h4-6H,7H2,1-3H3. The number of carbonyl (C=O) groups excluding carboxylic acids is 1. The number of nitrogens with zero attached hydrogens (tertiary/aromatic N) is 2. The quantitative estimate of drug-likeness (QED) is 0.808. The van der Waals surface area contributed by atoms with E-state index in [0.717, 1.165) is 17.0 Å². The van der Waals surface area contributed by atoms with Gasteiger partial charge in [-0.05, 0) is 37.6 Å². The molecule has 1 aromatic carbocycles. The third-order valence-corrected chi connectivity index (χ3v) is 3.81. The summed E-state index contributed by atoms with van der Waals surface area (Å²) in [5, 5.41) is 5.39. The summed E-state index contributed by atoms with van der Waals surface area (Å²) in [4.78, 5) is 12.3. The Morgan fingerprint density at radius 2 is 2.00 bits per heavy atom. The van der Waals surface area contributed by atoms with Crippen LogP contribution >= 0.6 is 23.2 Å². The van der Waals surface area contributed by atoms with Crippen LogP contribution in [0.4, 0.5) is 0 Å². The molecule has 0 spiro atoms. The molecule has 1 aromatic heterocycles. The van der Waals surface area contributed by atoms with Crippen molar-refractivity contribution in [2.45, 2.75) is 20.3 Å². The molecule has 3 nitrogen and oxygen atoms in total. The number of hydrogen-bond acceptors (Lipinski definition) is 2. The molecule has 0 aliphatic rings. The van der Waals surface area contributed by atoms with Gasteiger partial charge in [-0.15, -0.1) is 0 Å². The Morgan fingerprint density at radius 3 is 2.53 bits per heavy atom. The summed E-state index contributed by atoms with van der Waals surface area (Å²) in [5.74, 6) is 0.0130. The van der Waals surface area contributed by atoms with Crippen LogP contribution in [-0.2, 0) is 13.5 Å². The van der Waals surface area contributed by atoms with Crippen molar-refractivity contribution in [2.75, 3.05) is 0 Å². The Balaban J connectivity index is 2.31. The van der Waals surface area contributed by atoms with E-state index in [2.05, 4.69) is 5.10 Å². The number of rotatable bonds is 3. The Kier molecular flexibility index (Phi) is 3.97. The largest absolute Gasteiger partial charge is 0.294 e. The Morgan fingerprint density at radius 1 is 1.32 bits per heavy atom. The zero-order valence-corrected chi connectivity index (χ0v) is 12.5. The monoisotopic (exact) mass is 296 g/mol. The molecule has 19 heavy (non-hydrogen) atoms. The third kappa shape index (κ3) is 2.82. The van der Waals surface area contributed by atoms with E-state index in [1.54, 1.807) is 29.9 Å². The molecule has 0 aliphatic carbocycles. The highest BCUT2D eigenvalue weighted by Gasteiger charge is 2.17. The molecule has 5 heteroatoms. The van der Waals surface area contributed by atoms with Gasteiger partial charge >= 0.3 is 0 Å². The van der Waals surface area contributed by atoms with E-state index in [-0.39, 0.29) is 12.2 Å². The van der Waals surface area contributed by atoms with Crippen molar-refractivity contribution in [3.63, 3.8) is 0 Å². The lowest BCUT2D eigenvalue weighted by atomic mass is 10.0. The average Bonchev–Trinajstić information content (AvgIpc) is 2.56. The molecule has 0 radical (unpaired) electrons. The molecule has 0 N–H and O–H groups in total. The molecule has 2 rings (SSSR count). The van der Waals surface area contributed by atoms with E-state index in [0.29, 0.717) is 15.6 Å². The van der Waals surface area contributed by atoms with Gasteiger partial charge in [0.1, 0.15) is 0 Å². The van der Waals surface area contributed by atoms with Gasteiger partial charge in [-0.2, -0.15) is 5.10 Å². The summed E-state index contributed by atoms with van der Waals surface area (Å²) < 4.78 is 1.65. The van der Waals surface area contributed by atoms with Gasteiger partial charge in [0.25, 0.3) is 0 Å². The van der Waals surface area contributed by atoms with Crippen molar-refractivity contribution in [3.05, 3.63) is 50.8 Å². The molecule has 0 unspecified atom stereocenters. The van der Waals surface area contributed by atoms with Crippen LogP contribution in [0.25, 0.3) is 0 Å². The minimum atomic E-state index is 0.0130. The van der Waals surface area contributed by atoms with Gasteiger partial charge in [-0.1, -0.05) is 23.2 Å². The fourth-order valence-corrected chi connectivity index (χ4v) is 2.51. The lowest BCUT2D eigenvalue weighted by Gasteiger charge is -2.06. The molecule has 0 bridgehead atoms. The second kappa shape index (κ2) is 5.35. The summed E-state index contributed by atoms with van der Waals surface area (Å²) in [6.07, 6.45) is 0.235. The van der Waals surface area contributed by atoms with Crippen molar-refractivity contribution in [2.24, 2.45) is 7.05 Å². The van der Waals surface area contributed by atoms with Gasteiger partial charge in [0.2, 0.25) is 0 Å². The highest BCUT2D eigenvalue weighted by Crippen LogP contribution is 2.22. The third-order valence-electron chi connectivity index (χ3n) is 3.08. The zero-order chi connectivity index (χ0) is 14.2. The fourth-order valence-electron chi connectivity index (χ4n) is 2.06. The molecule has 0 saturated heterocycles. The first-order valence-electron chi connectivity index (χ1n) is 5.87. The van der Waals surface area contributed by atoms with Crippen LogP contribution in [-0.4, -0.2) is 15.6 Å². The fraction of sp³-hybridized carbons (Fsp3) is 0.286. The molecule has 0 atom stereocenters. The summed E-state index contributed by atoms with van der Waals surface area (Å²) in [5.41, 5.74) is 3.00. The molecular formula is C14H14Cl2N2O. The van der Waals surface area contributed by atoms with E-state index in [9.17, 15) is 4.79 Å². The SMILES string of the molecule is Cc1cc(Cl)ccc1C(=O)Cc1c(Cl)c(C)nn1C. The minimum absolute atomic E-state index is 0.0130. The minimum Gasteiger partial charge on any atom is -0.294 e. The summed E-state index contributed by atoms with van der Waals surface area (Å²) in [6, 6.07) is 5.25. The van der Waals surface area contributed by atoms with Crippen LogP contribution in [0, 0.1) is 13.8 Å². The van der Waals surface area contributed by atoms with Crippen LogP contribution in [0.3, 0.4) is 0 Å². The molecule has 2 aromatic rings. The van der Waals surface area contributed by atoms with Crippen molar-refractivity contribution in [1.82, 2.24) is 9.78 Å². The number of aryl methyl sites for hydroxylation is 3. The van der Waals surface area contributed by atoms with E-state index >= 15 is 0 Å². The van der Waals surface area contributed by atoms with E-state index in [1.165, 1.54) is 0 Å². The topological polar surface area (TPSA) is 34.9 Å². The molecule has 100 valence electrons. The van der Waals surface area contributed by atoms with Crippen LogP contribution in [0.5, 0.6) is 0 Å². The Hall–Kier alpha value is -1.32. The maximum absolute atomic E-state index is 12.3.